The van der Waals surface area contributed by atoms with Crippen LogP contribution in [0.25, 0.3) is 0 Å². The van der Waals surface area contributed by atoms with Crippen LogP contribution < -0.4 is 0 Å². The third kappa shape index (κ3) is 2.67. The summed E-state index contributed by atoms with van der Waals surface area (Å²) in [5.41, 5.74) is 0.805. The van der Waals surface area contributed by atoms with Crippen molar-refractivity contribution in [3.8, 4) is 0 Å². The normalized spacial score (nSPS) is 24.3. The van der Waals surface area contributed by atoms with Crippen LogP contribution in [0.15, 0.2) is 16.7 Å². The lowest BCUT2D eigenvalue weighted by Crippen LogP contribution is -2.41. The lowest BCUT2D eigenvalue weighted by atomic mass is 9.83. The first-order valence-corrected chi connectivity index (χ1v) is 8.59. The maximum Gasteiger partial charge on any atom is 0.270 e. The molecule has 0 spiro atoms. The molecule has 110 valence electrons. The number of likely N-dealkylation sites (tertiary alicyclic amines) is 1. The van der Waals surface area contributed by atoms with Crippen molar-refractivity contribution in [2.75, 3.05) is 6.54 Å². The Kier molecular flexibility index (Phi) is 4.20. The number of carbonyl (C=O) groups excluding carboxylic acids is 1. The van der Waals surface area contributed by atoms with E-state index in [0.717, 1.165) is 22.6 Å². The lowest BCUT2D eigenvalue weighted by Gasteiger charge is -2.34. The monoisotopic (exact) mass is 338 g/mol. The minimum absolute atomic E-state index is 0.214. The molecule has 1 saturated carbocycles. The molecular formula is C16H23BrN2O. The fraction of sp³-hybridized carbons (Fsp3) is 0.688. The number of aromatic nitrogens is 1. The molecule has 4 heteroatoms. The summed E-state index contributed by atoms with van der Waals surface area (Å²) >= 11 is 3.46. The van der Waals surface area contributed by atoms with Crippen molar-refractivity contribution >= 4 is 21.8 Å². The number of amides is 1. The van der Waals surface area contributed by atoms with Crippen molar-refractivity contribution in [1.29, 1.82) is 0 Å². The molecule has 2 aliphatic rings. The van der Waals surface area contributed by atoms with Crippen LogP contribution in [0, 0.1) is 5.92 Å². The maximum absolute atomic E-state index is 12.8. The van der Waals surface area contributed by atoms with Gasteiger partial charge in [-0.25, -0.2) is 0 Å². The predicted molar refractivity (Wildman–Crippen MR) is 83.7 cm³/mol. The molecule has 2 heterocycles. The summed E-state index contributed by atoms with van der Waals surface area (Å²) in [5.74, 6) is 0.949. The van der Waals surface area contributed by atoms with Crippen molar-refractivity contribution in [3.63, 3.8) is 0 Å². The quantitative estimate of drug-likeness (QED) is 0.800. The summed E-state index contributed by atoms with van der Waals surface area (Å²) in [6, 6.07) is 2.43. The number of halogens is 1. The smallest absolute Gasteiger partial charge is 0.270 e. The van der Waals surface area contributed by atoms with Crippen molar-refractivity contribution in [3.05, 3.63) is 22.4 Å². The molecule has 1 saturated heterocycles. The van der Waals surface area contributed by atoms with Crippen LogP contribution in [0.4, 0.5) is 0 Å². The number of nitrogens with zero attached hydrogens (tertiary/aromatic N) is 2. The first kappa shape index (κ1) is 14.2. The van der Waals surface area contributed by atoms with E-state index in [9.17, 15) is 4.79 Å². The molecule has 0 N–H and O–H groups in total. The Morgan fingerprint density at radius 2 is 1.95 bits per heavy atom. The molecule has 3 rings (SSSR count). The van der Waals surface area contributed by atoms with Gasteiger partial charge in [-0.2, -0.15) is 0 Å². The summed E-state index contributed by atoms with van der Waals surface area (Å²) < 4.78 is 2.92. The zero-order valence-corrected chi connectivity index (χ0v) is 13.7. The molecule has 0 radical (unpaired) electrons. The number of hydrogen-bond acceptors (Lipinski definition) is 1. The first-order valence-electron chi connectivity index (χ1n) is 7.79. The van der Waals surface area contributed by atoms with E-state index in [2.05, 4.69) is 20.8 Å². The molecule has 0 aromatic carbocycles. The third-order valence-corrected chi connectivity index (χ3v) is 5.38. The Labute approximate surface area is 129 Å². The molecule has 1 aliphatic carbocycles. The van der Waals surface area contributed by atoms with Gasteiger partial charge in [0, 0.05) is 30.3 Å². The molecule has 1 atom stereocenters. The predicted octanol–water partition coefficient (Wildman–Crippen LogP) is 3.97. The Balaban J connectivity index is 1.77. The second kappa shape index (κ2) is 5.92. The molecule has 1 amide bonds. The zero-order chi connectivity index (χ0) is 14.1. The number of aryl methyl sites for hydroxylation is 1. The van der Waals surface area contributed by atoms with Crippen LogP contribution >= 0.6 is 15.9 Å². The summed E-state index contributed by atoms with van der Waals surface area (Å²) in [4.78, 5) is 15.0. The van der Waals surface area contributed by atoms with Gasteiger partial charge in [-0.15, -0.1) is 0 Å². The van der Waals surface area contributed by atoms with Crippen molar-refractivity contribution < 1.29 is 4.79 Å². The Morgan fingerprint density at radius 3 is 2.60 bits per heavy atom. The van der Waals surface area contributed by atoms with E-state index in [-0.39, 0.29) is 5.91 Å². The first-order chi connectivity index (χ1) is 9.66. The average molecular weight is 339 g/mol. The molecule has 1 unspecified atom stereocenters. The summed E-state index contributed by atoms with van der Waals surface area (Å²) in [6.07, 6.45) is 11.0. The van der Waals surface area contributed by atoms with Gasteiger partial charge in [-0.3, -0.25) is 4.79 Å². The number of hydrogen-bond donors (Lipinski definition) is 0. The van der Waals surface area contributed by atoms with Gasteiger partial charge in [-0.1, -0.05) is 19.3 Å². The van der Waals surface area contributed by atoms with Crippen LogP contribution in [-0.2, 0) is 7.05 Å². The fourth-order valence-electron chi connectivity index (χ4n) is 3.94. The van der Waals surface area contributed by atoms with E-state index < -0.39 is 0 Å². The summed E-state index contributed by atoms with van der Waals surface area (Å²) in [7, 11) is 1.95. The SMILES string of the molecule is Cn1cc(Br)cc1C(=O)N1CCCC1C1CCCCC1. The highest BCUT2D eigenvalue weighted by Gasteiger charge is 2.36. The van der Waals surface area contributed by atoms with E-state index in [1.54, 1.807) is 0 Å². The van der Waals surface area contributed by atoms with E-state index in [0.29, 0.717) is 6.04 Å². The minimum atomic E-state index is 0.214. The van der Waals surface area contributed by atoms with Crippen LogP contribution in [0.3, 0.4) is 0 Å². The van der Waals surface area contributed by atoms with Gasteiger partial charge in [0.2, 0.25) is 0 Å². The van der Waals surface area contributed by atoms with Gasteiger partial charge in [0.05, 0.1) is 0 Å². The second-order valence-corrected chi connectivity index (χ2v) is 7.18. The van der Waals surface area contributed by atoms with Crippen LogP contribution in [0.5, 0.6) is 0 Å². The second-order valence-electron chi connectivity index (χ2n) is 6.26. The molecule has 2 fully saturated rings. The number of carbonyl (C=O) groups is 1. The minimum Gasteiger partial charge on any atom is -0.345 e. The van der Waals surface area contributed by atoms with Gasteiger partial charge in [-0.05, 0) is 53.6 Å². The molecule has 3 nitrogen and oxygen atoms in total. The molecular weight excluding hydrogens is 316 g/mol. The molecule has 1 aliphatic heterocycles. The molecule has 1 aromatic heterocycles. The van der Waals surface area contributed by atoms with Gasteiger partial charge in [0.1, 0.15) is 5.69 Å². The van der Waals surface area contributed by atoms with Crippen molar-refractivity contribution in [2.45, 2.75) is 51.0 Å². The molecule has 1 aromatic rings. The van der Waals surface area contributed by atoms with Crippen LogP contribution in [0.1, 0.15) is 55.4 Å². The van der Waals surface area contributed by atoms with E-state index in [4.69, 9.17) is 0 Å². The van der Waals surface area contributed by atoms with Gasteiger partial charge in [0.15, 0.2) is 0 Å². The summed E-state index contributed by atoms with van der Waals surface area (Å²) in [6.45, 7) is 0.933. The van der Waals surface area contributed by atoms with Gasteiger partial charge in [0.25, 0.3) is 5.91 Å². The van der Waals surface area contributed by atoms with Crippen molar-refractivity contribution in [2.24, 2.45) is 13.0 Å². The van der Waals surface area contributed by atoms with Gasteiger partial charge < -0.3 is 9.47 Å². The average Bonchev–Trinajstić information content (AvgIpc) is 3.05. The maximum atomic E-state index is 12.8. The lowest BCUT2D eigenvalue weighted by molar-refractivity contribution is 0.0652. The van der Waals surface area contributed by atoms with E-state index in [1.807, 2.05) is 23.9 Å². The summed E-state index contributed by atoms with van der Waals surface area (Å²) in [5, 5.41) is 0. The highest BCUT2D eigenvalue weighted by Crippen LogP contribution is 2.35. The Bertz CT molecular complexity index is 491. The van der Waals surface area contributed by atoms with Crippen LogP contribution in [-0.4, -0.2) is 28.0 Å². The largest absolute Gasteiger partial charge is 0.345 e. The highest BCUT2D eigenvalue weighted by molar-refractivity contribution is 9.10. The van der Waals surface area contributed by atoms with Crippen LogP contribution in [0.2, 0.25) is 0 Å². The molecule has 20 heavy (non-hydrogen) atoms. The van der Waals surface area contributed by atoms with E-state index in [1.165, 1.54) is 44.9 Å². The Morgan fingerprint density at radius 1 is 1.20 bits per heavy atom. The van der Waals surface area contributed by atoms with E-state index >= 15 is 0 Å². The Hall–Kier alpha value is -0.770. The van der Waals surface area contributed by atoms with Crippen molar-refractivity contribution in [1.82, 2.24) is 9.47 Å². The highest BCUT2D eigenvalue weighted by atomic mass is 79.9. The fourth-order valence-corrected chi connectivity index (χ4v) is 4.46. The van der Waals surface area contributed by atoms with Gasteiger partial charge >= 0.3 is 0 Å². The topological polar surface area (TPSA) is 25.2 Å². The zero-order valence-electron chi connectivity index (χ0n) is 12.1. The number of rotatable bonds is 2. The standard InChI is InChI=1S/C16H23BrN2O/c1-18-11-13(17)10-15(18)16(20)19-9-5-8-14(19)12-6-3-2-4-7-12/h10-12,14H,2-9H2,1H3. The molecule has 0 bridgehead atoms. The third-order valence-electron chi connectivity index (χ3n) is 4.94.